The number of carbonyl (C=O) groups is 1. The molecule has 0 aliphatic carbocycles. The molecule has 1 aromatic rings. The Hall–Kier alpha value is -1.36. The summed E-state index contributed by atoms with van der Waals surface area (Å²) in [5, 5.41) is 5.93. The predicted molar refractivity (Wildman–Crippen MR) is 60.8 cm³/mol. The molecule has 0 unspecified atom stereocenters. The molecule has 0 aromatic carbocycles. The minimum Gasteiger partial charge on any atom is -0.444 e. The monoisotopic (exact) mass is 225 g/mol. The van der Waals surface area contributed by atoms with E-state index in [0.717, 1.165) is 5.76 Å². The van der Waals surface area contributed by atoms with Crippen LogP contribution in [0.3, 0.4) is 0 Å². The largest absolute Gasteiger partial charge is 0.444 e. The van der Waals surface area contributed by atoms with Crippen LogP contribution in [0.1, 0.15) is 31.9 Å². The summed E-state index contributed by atoms with van der Waals surface area (Å²) < 4.78 is 5.24. The number of oxazole rings is 1. The van der Waals surface area contributed by atoms with Crippen molar-refractivity contribution in [3.8, 4) is 0 Å². The molecule has 1 amide bonds. The molecule has 90 valence electrons. The van der Waals surface area contributed by atoms with Crippen LogP contribution in [0.4, 0.5) is 0 Å². The Morgan fingerprint density at radius 3 is 2.88 bits per heavy atom. The Bertz CT molecular complexity index is 334. The van der Waals surface area contributed by atoms with Gasteiger partial charge < -0.3 is 15.1 Å². The van der Waals surface area contributed by atoms with E-state index in [1.807, 2.05) is 20.8 Å². The van der Waals surface area contributed by atoms with E-state index in [-0.39, 0.29) is 5.91 Å². The van der Waals surface area contributed by atoms with Crippen molar-refractivity contribution in [2.45, 2.75) is 39.8 Å². The maximum Gasteiger partial charge on any atom is 0.221 e. The summed E-state index contributed by atoms with van der Waals surface area (Å²) in [4.78, 5) is 15.4. The second-order valence-electron chi connectivity index (χ2n) is 4.00. The van der Waals surface area contributed by atoms with Crippen LogP contribution in [0.2, 0.25) is 0 Å². The lowest BCUT2D eigenvalue weighted by molar-refractivity contribution is -0.121. The van der Waals surface area contributed by atoms with E-state index in [4.69, 9.17) is 4.42 Å². The van der Waals surface area contributed by atoms with Crippen LogP contribution in [0, 0.1) is 6.92 Å². The van der Waals surface area contributed by atoms with Crippen LogP contribution < -0.4 is 10.6 Å². The summed E-state index contributed by atoms with van der Waals surface area (Å²) in [5.74, 6) is 1.30. The lowest BCUT2D eigenvalue weighted by atomic mass is 10.3. The van der Waals surface area contributed by atoms with Crippen LogP contribution in [0.25, 0.3) is 0 Å². The van der Waals surface area contributed by atoms with Crippen molar-refractivity contribution in [1.82, 2.24) is 15.6 Å². The molecule has 0 bridgehead atoms. The number of rotatable bonds is 6. The average molecular weight is 225 g/mol. The molecule has 0 fully saturated rings. The molecule has 1 heterocycles. The topological polar surface area (TPSA) is 67.2 Å². The van der Waals surface area contributed by atoms with Crippen LogP contribution in [-0.2, 0) is 11.3 Å². The third kappa shape index (κ3) is 4.93. The van der Waals surface area contributed by atoms with Gasteiger partial charge in [0.15, 0.2) is 0 Å². The highest BCUT2D eigenvalue weighted by atomic mass is 16.4. The molecule has 0 radical (unpaired) electrons. The molecule has 5 nitrogen and oxygen atoms in total. The summed E-state index contributed by atoms with van der Waals surface area (Å²) in [6.07, 6.45) is 2.11. The fourth-order valence-electron chi connectivity index (χ4n) is 1.22. The average Bonchev–Trinajstić information content (AvgIpc) is 2.61. The maximum atomic E-state index is 11.4. The minimum atomic E-state index is 0.00371. The van der Waals surface area contributed by atoms with Gasteiger partial charge in [-0.25, -0.2) is 4.98 Å². The first-order valence-electron chi connectivity index (χ1n) is 5.49. The van der Waals surface area contributed by atoms with Gasteiger partial charge in [-0.15, -0.1) is 0 Å². The van der Waals surface area contributed by atoms with Gasteiger partial charge in [0, 0.05) is 19.0 Å². The molecular weight excluding hydrogens is 206 g/mol. The summed E-state index contributed by atoms with van der Waals surface area (Å²) >= 11 is 0. The van der Waals surface area contributed by atoms with E-state index in [1.165, 1.54) is 0 Å². The number of carbonyl (C=O) groups excluding carboxylic acids is 1. The van der Waals surface area contributed by atoms with Crippen molar-refractivity contribution in [3.05, 3.63) is 17.8 Å². The first-order valence-corrected chi connectivity index (χ1v) is 5.49. The third-order valence-corrected chi connectivity index (χ3v) is 2.01. The van der Waals surface area contributed by atoms with Crippen molar-refractivity contribution in [1.29, 1.82) is 0 Å². The van der Waals surface area contributed by atoms with E-state index >= 15 is 0 Å². The van der Waals surface area contributed by atoms with Crippen molar-refractivity contribution in [2.24, 2.45) is 0 Å². The first-order chi connectivity index (χ1) is 7.58. The summed E-state index contributed by atoms with van der Waals surface area (Å²) in [6.45, 7) is 6.97. The fourth-order valence-corrected chi connectivity index (χ4v) is 1.22. The van der Waals surface area contributed by atoms with Gasteiger partial charge in [-0.05, 0) is 6.92 Å². The van der Waals surface area contributed by atoms with E-state index in [2.05, 4.69) is 15.6 Å². The number of aromatic nitrogens is 1. The van der Waals surface area contributed by atoms with Crippen molar-refractivity contribution in [2.75, 3.05) is 6.54 Å². The summed E-state index contributed by atoms with van der Waals surface area (Å²) in [5.41, 5.74) is 0. The molecule has 2 N–H and O–H groups in total. The van der Waals surface area contributed by atoms with Gasteiger partial charge in [-0.2, -0.15) is 0 Å². The molecule has 1 aromatic heterocycles. The van der Waals surface area contributed by atoms with Crippen molar-refractivity contribution < 1.29 is 9.21 Å². The number of aryl methyl sites for hydroxylation is 1. The molecular formula is C11H19N3O2. The Balaban J connectivity index is 2.15. The molecule has 0 spiro atoms. The number of nitrogens with one attached hydrogen (secondary N) is 2. The third-order valence-electron chi connectivity index (χ3n) is 2.01. The first kappa shape index (κ1) is 12.7. The quantitative estimate of drug-likeness (QED) is 0.757. The van der Waals surface area contributed by atoms with E-state index in [0.29, 0.717) is 31.4 Å². The van der Waals surface area contributed by atoms with Crippen LogP contribution in [0.5, 0.6) is 0 Å². The molecule has 1 rings (SSSR count). The SMILES string of the molecule is Cc1cnc(CNC(=O)CCNC(C)C)o1. The van der Waals surface area contributed by atoms with Crippen molar-refractivity contribution >= 4 is 5.91 Å². The molecule has 0 aliphatic rings. The zero-order chi connectivity index (χ0) is 12.0. The molecule has 0 aliphatic heterocycles. The van der Waals surface area contributed by atoms with E-state index in [9.17, 15) is 4.79 Å². The Labute approximate surface area is 95.6 Å². The van der Waals surface area contributed by atoms with Crippen LogP contribution in [0.15, 0.2) is 10.6 Å². The van der Waals surface area contributed by atoms with Crippen LogP contribution in [-0.4, -0.2) is 23.5 Å². The Morgan fingerprint density at radius 2 is 2.31 bits per heavy atom. The fraction of sp³-hybridized carbons (Fsp3) is 0.636. The van der Waals surface area contributed by atoms with Gasteiger partial charge >= 0.3 is 0 Å². The normalized spacial score (nSPS) is 10.8. The minimum absolute atomic E-state index is 0.00371. The zero-order valence-electron chi connectivity index (χ0n) is 10.0. The molecule has 0 atom stereocenters. The van der Waals surface area contributed by atoms with Gasteiger partial charge in [-0.3, -0.25) is 4.79 Å². The highest BCUT2D eigenvalue weighted by molar-refractivity contribution is 5.75. The van der Waals surface area contributed by atoms with Gasteiger partial charge in [-0.1, -0.05) is 13.8 Å². The molecule has 0 saturated carbocycles. The van der Waals surface area contributed by atoms with Gasteiger partial charge in [0.1, 0.15) is 5.76 Å². The lowest BCUT2D eigenvalue weighted by Gasteiger charge is -2.07. The van der Waals surface area contributed by atoms with E-state index in [1.54, 1.807) is 6.20 Å². The second kappa shape index (κ2) is 6.27. The van der Waals surface area contributed by atoms with Crippen LogP contribution >= 0.6 is 0 Å². The predicted octanol–water partition coefficient (Wildman–Crippen LogP) is 0.987. The van der Waals surface area contributed by atoms with Gasteiger partial charge in [0.05, 0.1) is 12.7 Å². The molecule has 0 saturated heterocycles. The molecule has 5 heteroatoms. The number of hydrogen-bond donors (Lipinski definition) is 2. The number of hydrogen-bond acceptors (Lipinski definition) is 4. The summed E-state index contributed by atoms with van der Waals surface area (Å²) in [6, 6.07) is 0.405. The van der Waals surface area contributed by atoms with Gasteiger partial charge in [0.25, 0.3) is 0 Å². The molecule has 16 heavy (non-hydrogen) atoms. The highest BCUT2D eigenvalue weighted by Gasteiger charge is 2.04. The Kier molecular flexibility index (Phi) is 4.98. The number of nitrogens with zero attached hydrogens (tertiary/aromatic N) is 1. The highest BCUT2D eigenvalue weighted by Crippen LogP contribution is 2.00. The smallest absolute Gasteiger partial charge is 0.221 e. The number of amides is 1. The zero-order valence-corrected chi connectivity index (χ0v) is 10.0. The van der Waals surface area contributed by atoms with Crippen molar-refractivity contribution in [3.63, 3.8) is 0 Å². The Morgan fingerprint density at radius 1 is 1.56 bits per heavy atom. The maximum absolute atomic E-state index is 11.4. The summed E-state index contributed by atoms with van der Waals surface area (Å²) in [7, 11) is 0. The standard InChI is InChI=1S/C11H19N3O2/c1-8(2)12-5-4-10(15)13-7-11-14-6-9(3)16-11/h6,8,12H,4-5,7H2,1-3H3,(H,13,15). The van der Waals surface area contributed by atoms with E-state index < -0.39 is 0 Å². The second-order valence-corrected chi connectivity index (χ2v) is 4.00. The van der Waals surface area contributed by atoms with Gasteiger partial charge in [0.2, 0.25) is 11.8 Å². The lowest BCUT2D eigenvalue weighted by Crippen LogP contribution is -2.30.